The van der Waals surface area contributed by atoms with E-state index in [1.165, 1.54) is 61.5 Å². The molecule has 2 aliphatic rings. The maximum absolute atomic E-state index is 9.00. The van der Waals surface area contributed by atoms with Gasteiger partial charge in [0.05, 0.1) is 0 Å². The molecule has 0 radical (unpaired) electrons. The number of rotatable bonds is 0. The first-order valence-electron chi connectivity index (χ1n) is 6.08. The number of hydrogen-bond donors (Lipinski definition) is 1. The first-order valence-corrected chi connectivity index (χ1v) is 8.39. The van der Waals surface area contributed by atoms with Crippen molar-refractivity contribution < 1.29 is 9.90 Å². The lowest BCUT2D eigenvalue weighted by Crippen LogP contribution is -1.91. The van der Waals surface area contributed by atoms with E-state index in [1.54, 1.807) is 0 Å². The van der Waals surface area contributed by atoms with Crippen molar-refractivity contribution in [1.29, 1.82) is 0 Å². The van der Waals surface area contributed by atoms with Gasteiger partial charge >= 0.3 is 0 Å². The minimum absolute atomic E-state index is 0.833. The molecule has 2 nitrogen and oxygen atoms in total. The monoisotopic (exact) mass is 264 g/mol. The Balaban J connectivity index is 0.000000217. The van der Waals surface area contributed by atoms with E-state index in [4.69, 9.17) is 9.90 Å². The van der Waals surface area contributed by atoms with Crippen LogP contribution in [0.25, 0.3) is 0 Å². The summed E-state index contributed by atoms with van der Waals surface area (Å²) in [6.07, 6.45) is 8.81. The summed E-state index contributed by atoms with van der Waals surface area (Å²) in [7, 11) is 0. The maximum atomic E-state index is 9.00. The summed E-state index contributed by atoms with van der Waals surface area (Å²) in [6, 6.07) is 0. The third kappa shape index (κ3) is 16.6. The highest BCUT2D eigenvalue weighted by Gasteiger charge is 1.96. The Morgan fingerprint density at radius 1 is 0.812 bits per heavy atom. The van der Waals surface area contributed by atoms with Crippen molar-refractivity contribution in [3.8, 4) is 0 Å². The first kappa shape index (κ1) is 16.2. The zero-order valence-corrected chi connectivity index (χ0v) is 11.9. The molecule has 4 heteroatoms. The van der Waals surface area contributed by atoms with Crippen LogP contribution in [0.15, 0.2) is 0 Å². The Bertz CT molecular complexity index is 116. The van der Waals surface area contributed by atoms with Crippen molar-refractivity contribution in [3.05, 3.63) is 0 Å². The SMILES string of the molecule is C1CCSCC1.C1CCSCC1.CC(=O)O. The molecule has 2 fully saturated rings. The Morgan fingerprint density at radius 3 is 1.12 bits per heavy atom. The molecular weight excluding hydrogens is 240 g/mol. The lowest BCUT2D eigenvalue weighted by molar-refractivity contribution is -0.134. The van der Waals surface area contributed by atoms with Crippen LogP contribution >= 0.6 is 23.5 Å². The molecule has 0 atom stereocenters. The van der Waals surface area contributed by atoms with Gasteiger partial charge in [0.25, 0.3) is 5.97 Å². The molecule has 2 aliphatic heterocycles. The van der Waals surface area contributed by atoms with Gasteiger partial charge in [-0.25, -0.2) is 0 Å². The summed E-state index contributed by atoms with van der Waals surface area (Å²) in [5.41, 5.74) is 0. The zero-order valence-electron chi connectivity index (χ0n) is 10.2. The molecular formula is C12H24O2S2. The van der Waals surface area contributed by atoms with Crippen LogP contribution in [-0.2, 0) is 4.79 Å². The molecule has 0 aliphatic carbocycles. The van der Waals surface area contributed by atoms with Gasteiger partial charge in [0.1, 0.15) is 0 Å². The molecule has 0 unspecified atom stereocenters. The van der Waals surface area contributed by atoms with Gasteiger partial charge in [0, 0.05) is 6.92 Å². The van der Waals surface area contributed by atoms with E-state index in [0.717, 1.165) is 6.92 Å². The summed E-state index contributed by atoms with van der Waals surface area (Å²) >= 11 is 4.19. The van der Waals surface area contributed by atoms with Gasteiger partial charge in [-0.2, -0.15) is 23.5 Å². The van der Waals surface area contributed by atoms with Crippen LogP contribution in [0.3, 0.4) is 0 Å². The molecule has 16 heavy (non-hydrogen) atoms. The van der Waals surface area contributed by atoms with E-state index in [1.807, 2.05) is 0 Å². The minimum Gasteiger partial charge on any atom is -0.481 e. The van der Waals surface area contributed by atoms with Crippen LogP contribution in [-0.4, -0.2) is 34.1 Å². The van der Waals surface area contributed by atoms with E-state index in [9.17, 15) is 0 Å². The van der Waals surface area contributed by atoms with Gasteiger partial charge in [-0.05, 0) is 48.7 Å². The van der Waals surface area contributed by atoms with Crippen molar-refractivity contribution in [2.24, 2.45) is 0 Å². The van der Waals surface area contributed by atoms with Crippen molar-refractivity contribution in [1.82, 2.24) is 0 Å². The molecule has 1 N–H and O–H groups in total. The number of thioether (sulfide) groups is 2. The third-order valence-corrected chi connectivity index (χ3v) is 4.46. The summed E-state index contributed by atoms with van der Waals surface area (Å²) < 4.78 is 0. The standard InChI is InChI=1S/2C5H10S.C2H4O2/c2*1-2-4-6-5-3-1;1-2(3)4/h2*1-5H2;1H3,(H,3,4). The molecule has 0 aromatic heterocycles. The van der Waals surface area contributed by atoms with E-state index in [2.05, 4.69) is 23.5 Å². The predicted molar refractivity (Wildman–Crippen MR) is 75.7 cm³/mol. The lowest BCUT2D eigenvalue weighted by Gasteiger charge is -2.05. The Morgan fingerprint density at radius 2 is 1.06 bits per heavy atom. The number of carboxylic acids is 1. The average molecular weight is 264 g/mol. The van der Waals surface area contributed by atoms with E-state index < -0.39 is 5.97 Å². The Labute approximate surface area is 108 Å². The van der Waals surface area contributed by atoms with Crippen molar-refractivity contribution in [2.45, 2.75) is 45.4 Å². The molecule has 2 heterocycles. The summed E-state index contributed by atoms with van der Waals surface area (Å²) in [5.74, 6) is 4.83. The highest BCUT2D eigenvalue weighted by molar-refractivity contribution is 7.99. The number of carbonyl (C=O) groups is 1. The van der Waals surface area contributed by atoms with Gasteiger partial charge in [-0.15, -0.1) is 0 Å². The molecule has 0 aromatic rings. The highest BCUT2D eigenvalue weighted by Crippen LogP contribution is 2.15. The smallest absolute Gasteiger partial charge is 0.300 e. The van der Waals surface area contributed by atoms with Gasteiger partial charge in [0.15, 0.2) is 0 Å². The molecule has 0 aromatic carbocycles. The second kappa shape index (κ2) is 13.2. The van der Waals surface area contributed by atoms with Crippen LogP contribution in [0.5, 0.6) is 0 Å². The van der Waals surface area contributed by atoms with Crippen LogP contribution < -0.4 is 0 Å². The molecule has 96 valence electrons. The van der Waals surface area contributed by atoms with Gasteiger partial charge in [-0.3, -0.25) is 4.79 Å². The topological polar surface area (TPSA) is 37.3 Å². The lowest BCUT2D eigenvalue weighted by atomic mass is 10.3. The molecule has 2 rings (SSSR count). The van der Waals surface area contributed by atoms with Crippen LogP contribution in [0.4, 0.5) is 0 Å². The van der Waals surface area contributed by atoms with Crippen molar-refractivity contribution in [3.63, 3.8) is 0 Å². The molecule has 2 saturated heterocycles. The number of carboxylic acid groups (broad SMARTS) is 1. The highest BCUT2D eigenvalue weighted by atomic mass is 32.2. The Hall–Kier alpha value is 0.170. The van der Waals surface area contributed by atoms with Crippen LogP contribution in [0, 0.1) is 0 Å². The van der Waals surface area contributed by atoms with Crippen molar-refractivity contribution in [2.75, 3.05) is 23.0 Å². The third-order valence-electron chi connectivity index (χ3n) is 2.15. The first-order chi connectivity index (χ1) is 7.73. The summed E-state index contributed by atoms with van der Waals surface area (Å²) in [5, 5.41) is 7.42. The maximum Gasteiger partial charge on any atom is 0.300 e. The predicted octanol–water partition coefficient (Wildman–Crippen LogP) is 3.90. The molecule has 0 spiro atoms. The summed E-state index contributed by atoms with van der Waals surface area (Å²) in [6.45, 7) is 1.08. The van der Waals surface area contributed by atoms with E-state index >= 15 is 0 Å². The second-order valence-corrected chi connectivity index (χ2v) is 6.31. The van der Waals surface area contributed by atoms with E-state index in [-0.39, 0.29) is 0 Å². The van der Waals surface area contributed by atoms with Crippen molar-refractivity contribution >= 4 is 29.5 Å². The van der Waals surface area contributed by atoms with Gasteiger partial charge in [-0.1, -0.05) is 12.8 Å². The normalized spacial score (nSPS) is 19.6. The van der Waals surface area contributed by atoms with Gasteiger partial charge < -0.3 is 5.11 Å². The molecule has 0 bridgehead atoms. The van der Waals surface area contributed by atoms with Crippen LogP contribution in [0.1, 0.15) is 45.4 Å². The fourth-order valence-electron chi connectivity index (χ4n) is 1.37. The average Bonchev–Trinajstić information content (AvgIpc) is 2.34. The minimum atomic E-state index is -0.833. The zero-order chi connectivity index (χ0) is 12.1. The quantitative estimate of drug-likeness (QED) is 0.720. The van der Waals surface area contributed by atoms with Crippen LogP contribution in [0.2, 0.25) is 0 Å². The summed E-state index contributed by atoms with van der Waals surface area (Å²) in [4.78, 5) is 9.00. The second-order valence-electron chi connectivity index (χ2n) is 3.87. The molecule has 0 amide bonds. The van der Waals surface area contributed by atoms with Gasteiger partial charge in [0.2, 0.25) is 0 Å². The van der Waals surface area contributed by atoms with E-state index in [0.29, 0.717) is 0 Å². The fraction of sp³-hybridized carbons (Fsp3) is 0.917. The Kier molecular flexibility index (Phi) is 13.4. The largest absolute Gasteiger partial charge is 0.481 e. The number of aliphatic carboxylic acids is 1. The number of hydrogen-bond acceptors (Lipinski definition) is 3. The molecule has 0 saturated carbocycles. The fourth-order valence-corrected chi connectivity index (χ4v) is 3.42.